The van der Waals surface area contributed by atoms with Gasteiger partial charge in [0.1, 0.15) is 23.2 Å². The second-order valence-electron chi connectivity index (χ2n) is 12.7. The van der Waals surface area contributed by atoms with Gasteiger partial charge in [0.05, 0.1) is 6.04 Å². The molecule has 44 heavy (non-hydrogen) atoms. The van der Waals surface area contributed by atoms with Gasteiger partial charge in [-0.15, -0.1) is 10.2 Å². The summed E-state index contributed by atoms with van der Waals surface area (Å²) >= 11 is 3.41. The van der Waals surface area contributed by atoms with Crippen LogP contribution in [0.15, 0.2) is 40.9 Å². The van der Waals surface area contributed by atoms with Crippen molar-refractivity contribution in [1.82, 2.24) is 35.7 Å². The number of ether oxygens (including phenoxy) is 1. The van der Waals surface area contributed by atoms with Crippen molar-refractivity contribution in [2.75, 3.05) is 6.54 Å². The fraction of sp³-hybridized carbons (Fsp3) is 0.567. The molecule has 1 saturated heterocycles. The number of hydrogen-bond donors (Lipinski definition) is 3. The van der Waals surface area contributed by atoms with Crippen LogP contribution in [-0.4, -0.2) is 83.9 Å². The van der Waals surface area contributed by atoms with Gasteiger partial charge in [-0.25, -0.2) is 9.59 Å². The molecule has 14 heteroatoms. The third-order valence-electron chi connectivity index (χ3n) is 8.19. The topological polar surface area (TPSA) is 169 Å². The van der Waals surface area contributed by atoms with Gasteiger partial charge in [-0.3, -0.25) is 9.59 Å². The number of aliphatic carboxylic acids is 1. The molecule has 3 aliphatic rings. The van der Waals surface area contributed by atoms with E-state index in [4.69, 9.17) is 4.74 Å². The number of allylic oxidation sites excluding steroid dienone is 1. The van der Waals surface area contributed by atoms with Crippen LogP contribution < -0.4 is 10.6 Å². The molecule has 3 N–H and O–H groups in total. The van der Waals surface area contributed by atoms with Gasteiger partial charge < -0.3 is 25.4 Å². The van der Waals surface area contributed by atoms with Crippen molar-refractivity contribution in [3.05, 3.63) is 40.9 Å². The summed E-state index contributed by atoms with van der Waals surface area (Å²) in [5.41, 5.74) is -1.44. The van der Waals surface area contributed by atoms with Crippen molar-refractivity contribution in [2.24, 2.45) is 5.92 Å². The van der Waals surface area contributed by atoms with Crippen LogP contribution in [0.25, 0.3) is 11.4 Å². The molecule has 2 aliphatic heterocycles. The molecule has 3 heterocycles. The summed E-state index contributed by atoms with van der Waals surface area (Å²) in [5, 5.41) is 28.5. The van der Waals surface area contributed by atoms with E-state index in [1.807, 2.05) is 36.4 Å². The zero-order chi connectivity index (χ0) is 31.6. The Morgan fingerprint density at radius 2 is 1.91 bits per heavy atom. The second-order valence-corrected chi connectivity index (χ2v) is 13.6. The molecule has 1 aromatic carbocycles. The lowest BCUT2D eigenvalue weighted by atomic mass is 10.0. The van der Waals surface area contributed by atoms with Crippen molar-refractivity contribution in [1.29, 1.82) is 0 Å². The van der Waals surface area contributed by atoms with E-state index in [-0.39, 0.29) is 25.3 Å². The summed E-state index contributed by atoms with van der Waals surface area (Å²) < 4.78 is 6.34. The van der Waals surface area contributed by atoms with E-state index in [1.165, 1.54) is 9.70 Å². The lowest BCUT2D eigenvalue weighted by Gasteiger charge is -2.30. The van der Waals surface area contributed by atoms with Gasteiger partial charge in [-0.1, -0.05) is 40.9 Å². The molecule has 1 saturated carbocycles. The van der Waals surface area contributed by atoms with E-state index in [0.29, 0.717) is 18.7 Å². The van der Waals surface area contributed by atoms with Crippen LogP contribution in [0, 0.1) is 5.92 Å². The summed E-state index contributed by atoms with van der Waals surface area (Å²) in [4.78, 5) is 55.8. The maximum Gasteiger partial charge on any atom is 0.408 e. The molecule has 0 spiro atoms. The van der Waals surface area contributed by atoms with Gasteiger partial charge in [0, 0.05) is 28.9 Å². The number of aromatic nitrogens is 4. The number of benzene rings is 1. The molecule has 0 bridgehead atoms. The standard InChI is InChI=1S/C30H38BrN7O6/c1-29(2,3)44-28(43)32-22-10-8-6-4-5-7-9-19-16-30(19,27(41)42)33-25(39)23-15-21(17-37(23)26(22)40)38-35-24(34-36-38)18-11-13-20(31)14-12-18/h7,9,11-14,19,21-23H,4-6,8,10,15-17H2,1-3H3,(H,32,43)(H,33,39)(H,41,42)/b9-7-/t19?,21-,22?,23?,30?/m1/s1. The Labute approximate surface area is 263 Å². The van der Waals surface area contributed by atoms with E-state index in [9.17, 15) is 24.3 Å². The van der Waals surface area contributed by atoms with Crippen LogP contribution in [-0.2, 0) is 19.1 Å². The van der Waals surface area contributed by atoms with Gasteiger partial charge in [0.15, 0.2) is 0 Å². The van der Waals surface area contributed by atoms with Crippen molar-refractivity contribution in [3.63, 3.8) is 0 Å². The summed E-state index contributed by atoms with van der Waals surface area (Å²) in [7, 11) is 0. The van der Waals surface area contributed by atoms with Crippen LogP contribution in [0.2, 0.25) is 0 Å². The number of alkyl carbamates (subject to hydrolysis) is 1. The number of carboxylic acid groups (broad SMARTS) is 1. The first kappa shape index (κ1) is 31.6. The minimum absolute atomic E-state index is 0.0724. The predicted octanol–water partition coefficient (Wildman–Crippen LogP) is 3.62. The number of nitrogens with zero attached hydrogens (tertiary/aromatic N) is 5. The number of carboxylic acids is 1. The normalized spacial score (nSPS) is 28.5. The fourth-order valence-corrected chi connectivity index (χ4v) is 6.05. The van der Waals surface area contributed by atoms with Crippen LogP contribution in [0.5, 0.6) is 0 Å². The average molecular weight is 673 g/mol. The lowest BCUT2D eigenvalue weighted by molar-refractivity contribution is -0.145. The van der Waals surface area contributed by atoms with Crippen LogP contribution in [0.1, 0.15) is 71.8 Å². The number of rotatable bonds is 4. The molecule has 236 valence electrons. The number of carbonyl (C=O) groups excluding carboxylic acids is 3. The van der Waals surface area contributed by atoms with E-state index < -0.39 is 53.1 Å². The van der Waals surface area contributed by atoms with E-state index in [1.54, 1.807) is 20.8 Å². The monoisotopic (exact) mass is 671 g/mol. The number of nitrogens with one attached hydrogen (secondary N) is 2. The lowest BCUT2D eigenvalue weighted by Crippen LogP contribution is -2.56. The molecule has 5 atom stereocenters. The largest absolute Gasteiger partial charge is 0.479 e. The summed E-state index contributed by atoms with van der Waals surface area (Å²) in [6, 6.07) is 4.96. The van der Waals surface area contributed by atoms with E-state index in [0.717, 1.165) is 29.3 Å². The number of tetrazole rings is 1. The van der Waals surface area contributed by atoms with Gasteiger partial charge in [-0.2, -0.15) is 4.80 Å². The second kappa shape index (κ2) is 12.7. The summed E-state index contributed by atoms with van der Waals surface area (Å²) in [5.74, 6) is -2.07. The number of fused-ring (bicyclic) bond motifs is 2. The Morgan fingerprint density at radius 1 is 1.16 bits per heavy atom. The van der Waals surface area contributed by atoms with Crippen LogP contribution in [0.4, 0.5) is 4.79 Å². The molecular weight excluding hydrogens is 634 g/mol. The molecule has 1 aliphatic carbocycles. The number of carbonyl (C=O) groups is 4. The minimum Gasteiger partial charge on any atom is -0.479 e. The molecule has 1 aromatic heterocycles. The van der Waals surface area contributed by atoms with Crippen molar-refractivity contribution >= 4 is 39.8 Å². The van der Waals surface area contributed by atoms with Crippen LogP contribution >= 0.6 is 15.9 Å². The Kier molecular flexibility index (Phi) is 9.10. The first-order chi connectivity index (χ1) is 20.9. The smallest absolute Gasteiger partial charge is 0.408 e. The highest BCUT2D eigenvalue weighted by atomic mass is 79.9. The highest BCUT2D eigenvalue weighted by molar-refractivity contribution is 9.10. The zero-order valence-corrected chi connectivity index (χ0v) is 26.6. The molecule has 3 amide bonds. The maximum atomic E-state index is 14.1. The summed E-state index contributed by atoms with van der Waals surface area (Å²) in [6.07, 6.45) is 6.94. The van der Waals surface area contributed by atoms with Gasteiger partial charge in [-0.05, 0) is 75.9 Å². The van der Waals surface area contributed by atoms with Gasteiger partial charge >= 0.3 is 12.1 Å². The Bertz CT molecular complexity index is 1440. The molecule has 5 rings (SSSR count). The number of amides is 3. The quantitative estimate of drug-likeness (QED) is 0.411. The first-order valence-electron chi connectivity index (χ1n) is 14.9. The van der Waals surface area contributed by atoms with Crippen molar-refractivity contribution in [2.45, 2.75) is 95.0 Å². The third kappa shape index (κ3) is 7.11. The van der Waals surface area contributed by atoms with E-state index in [2.05, 4.69) is 42.0 Å². The van der Waals surface area contributed by atoms with Crippen molar-refractivity contribution < 1.29 is 29.0 Å². The number of halogens is 1. The SMILES string of the molecule is CC(C)(C)OC(=O)NC1CCCCC/C=C\C2CC2(C(=O)O)NC(=O)C2C[C@@H](n3nnc(-c4ccc(Br)cc4)n3)CN2C1=O. The Hall–Kier alpha value is -3.81. The van der Waals surface area contributed by atoms with Gasteiger partial charge in [0.25, 0.3) is 0 Å². The number of hydrogen-bond acceptors (Lipinski definition) is 8. The highest BCUT2D eigenvalue weighted by Crippen LogP contribution is 2.45. The third-order valence-corrected chi connectivity index (χ3v) is 8.71. The van der Waals surface area contributed by atoms with Gasteiger partial charge in [0.2, 0.25) is 17.6 Å². The van der Waals surface area contributed by atoms with E-state index >= 15 is 0 Å². The zero-order valence-electron chi connectivity index (χ0n) is 25.0. The molecular formula is C30H38BrN7O6. The fourth-order valence-electron chi connectivity index (χ4n) is 5.79. The summed E-state index contributed by atoms with van der Waals surface area (Å²) in [6.45, 7) is 5.28. The molecule has 2 aromatic rings. The molecule has 4 unspecified atom stereocenters. The molecule has 13 nitrogen and oxygen atoms in total. The first-order valence-corrected chi connectivity index (χ1v) is 15.7. The minimum atomic E-state index is -1.42. The molecule has 2 fully saturated rings. The van der Waals surface area contributed by atoms with Crippen LogP contribution in [0.3, 0.4) is 0 Å². The Morgan fingerprint density at radius 3 is 2.61 bits per heavy atom. The average Bonchev–Trinajstić information content (AvgIpc) is 3.26. The van der Waals surface area contributed by atoms with Crippen molar-refractivity contribution in [3.8, 4) is 11.4 Å². The highest BCUT2D eigenvalue weighted by Gasteiger charge is 2.61. The Balaban J connectivity index is 1.44. The maximum absolute atomic E-state index is 14.1. The predicted molar refractivity (Wildman–Crippen MR) is 162 cm³/mol. The molecule has 0 radical (unpaired) electrons.